The molecular weight excluding hydrogens is 425 g/mol. The van der Waals surface area contributed by atoms with E-state index in [1.54, 1.807) is 25.1 Å². The molecule has 2 rings (SSSR count). The van der Waals surface area contributed by atoms with Crippen LogP contribution in [-0.4, -0.2) is 17.8 Å². The Balaban J connectivity index is 1.93. The highest BCUT2D eigenvalue weighted by Gasteiger charge is 2.25. The van der Waals surface area contributed by atoms with Crippen molar-refractivity contribution in [3.63, 3.8) is 0 Å². The van der Waals surface area contributed by atoms with Gasteiger partial charge in [0.2, 0.25) is 0 Å². The highest BCUT2D eigenvalue weighted by Crippen LogP contribution is 2.35. The van der Waals surface area contributed by atoms with Crippen molar-refractivity contribution in [1.29, 1.82) is 0 Å². The second-order valence-electron chi connectivity index (χ2n) is 9.11. The minimum absolute atomic E-state index is 0.0467. The van der Waals surface area contributed by atoms with Crippen molar-refractivity contribution in [2.45, 2.75) is 71.3 Å². The maximum Gasteiger partial charge on any atom is 0.166 e. The van der Waals surface area contributed by atoms with Crippen LogP contribution in [0.15, 0.2) is 54.6 Å². The topological polar surface area (TPSA) is 29.5 Å². The van der Waals surface area contributed by atoms with Crippen LogP contribution in [0.4, 0.5) is 13.2 Å². The molecule has 182 valence electrons. The lowest BCUT2D eigenvalue weighted by atomic mass is 9.82. The fraction of sp³-hybridized carbons (Fsp3) is 0.500. The Labute approximate surface area is 196 Å². The van der Waals surface area contributed by atoms with E-state index < -0.39 is 17.5 Å². The molecule has 5 heteroatoms. The summed E-state index contributed by atoms with van der Waals surface area (Å²) in [6.07, 6.45) is 8.43. The average Bonchev–Trinajstić information content (AvgIpc) is 2.78. The van der Waals surface area contributed by atoms with Gasteiger partial charge in [0.1, 0.15) is 11.6 Å². The van der Waals surface area contributed by atoms with Gasteiger partial charge < -0.3 is 9.84 Å². The van der Waals surface area contributed by atoms with Gasteiger partial charge in [-0.15, -0.1) is 0 Å². The highest BCUT2D eigenvalue weighted by atomic mass is 19.2. The molecule has 2 nitrogen and oxygen atoms in total. The van der Waals surface area contributed by atoms with Crippen molar-refractivity contribution >= 4 is 6.08 Å². The summed E-state index contributed by atoms with van der Waals surface area (Å²) in [5, 5.41) is 9.64. The monoisotopic (exact) mass is 462 g/mol. The molecule has 0 bridgehead atoms. The first-order valence-corrected chi connectivity index (χ1v) is 11.9. The molecule has 1 aromatic rings. The van der Waals surface area contributed by atoms with Crippen LogP contribution in [0.2, 0.25) is 0 Å². The summed E-state index contributed by atoms with van der Waals surface area (Å²) < 4.78 is 48.8. The summed E-state index contributed by atoms with van der Waals surface area (Å²) in [4.78, 5) is 0. The van der Waals surface area contributed by atoms with Gasteiger partial charge in [-0.1, -0.05) is 51.3 Å². The van der Waals surface area contributed by atoms with Crippen LogP contribution >= 0.6 is 0 Å². The summed E-state index contributed by atoms with van der Waals surface area (Å²) in [5.74, 6) is -1.80. The number of allylic oxidation sites excluding steroid dienone is 4. The average molecular weight is 463 g/mol. The van der Waals surface area contributed by atoms with Gasteiger partial charge in [0.25, 0.3) is 0 Å². The lowest BCUT2D eigenvalue weighted by molar-refractivity contribution is 0.122. The molecule has 0 aromatic heterocycles. The zero-order valence-corrected chi connectivity index (χ0v) is 20.0. The van der Waals surface area contributed by atoms with Crippen molar-refractivity contribution in [3.8, 4) is 0 Å². The number of aliphatic hydroxyl groups excluding tert-OH is 1. The van der Waals surface area contributed by atoms with Crippen molar-refractivity contribution in [3.05, 3.63) is 77.4 Å². The standard InChI is InChI=1S/C28H37F3O2/c1-6-33-20(4)17-26(29)21(5)19(3)9-7-18(2)8-10-23-13-16-25(28(31)27(23)30)22-11-14-24(32)15-12-22/h8,10,13,16-19,22,24,32H,4-7,9,11-12,14-15H2,1-3H3/b10-8+,26-17+. The molecule has 1 aliphatic rings. The zero-order valence-electron chi connectivity index (χ0n) is 20.0. The molecule has 0 spiro atoms. The lowest BCUT2D eigenvalue weighted by Gasteiger charge is -2.26. The van der Waals surface area contributed by atoms with E-state index in [2.05, 4.69) is 13.2 Å². The normalized spacial score (nSPS) is 21.1. The van der Waals surface area contributed by atoms with Crippen LogP contribution in [-0.2, 0) is 4.74 Å². The Morgan fingerprint density at radius 2 is 1.79 bits per heavy atom. The molecule has 1 aromatic carbocycles. The molecule has 1 saturated carbocycles. The van der Waals surface area contributed by atoms with Crippen LogP contribution in [0.1, 0.15) is 76.3 Å². The molecule has 33 heavy (non-hydrogen) atoms. The van der Waals surface area contributed by atoms with Gasteiger partial charge in [0.15, 0.2) is 11.6 Å². The summed E-state index contributed by atoms with van der Waals surface area (Å²) in [7, 11) is 0. The first-order valence-electron chi connectivity index (χ1n) is 11.9. The minimum Gasteiger partial charge on any atom is -0.494 e. The third-order valence-electron chi connectivity index (χ3n) is 6.46. The largest absolute Gasteiger partial charge is 0.494 e. The predicted molar refractivity (Wildman–Crippen MR) is 129 cm³/mol. The van der Waals surface area contributed by atoms with Gasteiger partial charge in [0.05, 0.1) is 12.7 Å². The first kappa shape index (κ1) is 27.0. The van der Waals surface area contributed by atoms with Gasteiger partial charge in [-0.05, 0) is 74.3 Å². The summed E-state index contributed by atoms with van der Waals surface area (Å²) in [6.45, 7) is 13.6. The van der Waals surface area contributed by atoms with E-state index in [0.717, 1.165) is 6.42 Å². The van der Waals surface area contributed by atoms with Crippen LogP contribution in [0.5, 0.6) is 0 Å². The summed E-state index contributed by atoms with van der Waals surface area (Å²) >= 11 is 0. The van der Waals surface area contributed by atoms with Crippen molar-refractivity contribution < 1.29 is 23.0 Å². The molecule has 2 atom stereocenters. The molecule has 1 aliphatic carbocycles. The summed E-state index contributed by atoms with van der Waals surface area (Å²) in [6, 6.07) is 3.29. The Kier molecular flexibility index (Phi) is 10.5. The maximum atomic E-state index is 14.7. The third-order valence-corrected chi connectivity index (χ3v) is 6.46. The van der Waals surface area contributed by atoms with E-state index in [-0.39, 0.29) is 35.2 Å². The Bertz CT molecular complexity index is 879. The fourth-order valence-corrected chi connectivity index (χ4v) is 4.16. The van der Waals surface area contributed by atoms with Gasteiger partial charge in [0, 0.05) is 11.6 Å². The van der Waals surface area contributed by atoms with Gasteiger partial charge in [-0.2, -0.15) is 0 Å². The van der Waals surface area contributed by atoms with Gasteiger partial charge >= 0.3 is 0 Å². The molecular formula is C28H37F3O2. The van der Waals surface area contributed by atoms with E-state index in [1.807, 2.05) is 19.9 Å². The molecule has 0 saturated heterocycles. The molecule has 1 N–H and O–H groups in total. The van der Waals surface area contributed by atoms with Crippen LogP contribution in [0, 0.1) is 23.5 Å². The first-order chi connectivity index (χ1) is 15.6. The molecule has 0 amide bonds. The smallest absolute Gasteiger partial charge is 0.166 e. The number of halogens is 3. The molecule has 0 aliphatic heterocycles. The number of ether oxygens (including phenoxy) is 1. The highest BCUT2D eigenvalue weighted by molar-refractivity contribution is 5.51. The quantitative estimate of drug-likeness (QED) is 0.267. The van der Waals surface area contributed by atoms with Gasteiger partial charge in [-0.3, -0.25) is 0 Å². The van der Waals surface area contributed by atoms with E-state index >= 15 is 0 Å². The number of hydrogen-bond donors (Lipinski definition) is 1. The zero-order chi connectivity index (χ0) is 24.5. The van der Waals surface area contributed by atoms with Crippen molar-refractivity contribution in [2.24, 2.45) is 11.8 Å². The molecule has 1 fully saturated rings. The van der Waals surface area contributed by atoms with Crippen LogP contribution < -0.4 is 0 Å². The maximum absolute atomic E-state index is 14.7. The van der Waals surface area contributed by atoms with E-state index in [4.69, 9.17) is 4.74 Å². The fourth-order valence-electron chi connectivity index (χ4n) is 4.16. The summed E-state index contributed by atoms with van der Waals surface area (Å²) in [5.41, 5.74) is 1.02. The number of hydrogen-bond acceptors (Lipinski definition) is 2. The molecule has 0 radical (unpaired) electrons. The Morgan fingerprint density at radius 3 is 2.42 bits per heavy atom. The van der Waals surface area contributed by atoms with E-state index in [9.17, 15) is 18.3 Å². The number of rotatable bonds is 11. The number of benzene rings is 1. The second kappa shape index (κ2) is 12.8. The Morgan fingerprint density at radius 1 is 1.12 bits per heavy atom. The van der Waals surface area contributed by atoms with Gasteiger partial charge in [-0.25, -0.2) is 13.2 Å². The SMILES string of the molecule is C=C(/C=C(/F)C(=C)C(C)CCC(C)/C=C/c1ccc(C2CCC(O)CC2)c(F)c1F)OCC. The number of aliphatic hydroxyl groups is 1. The second-order valence-corrected chi connectivity index (χ2v) is 9.11. The van der Waals surface area contributed by atoms with E-state index in [1.165, 1.54) is 6.08 Å². The lowest BCUT2D eigenvalue weighted by Crippen LogP contribution is -2.18. The molecule has 2 unspecified atom stereocenters. The van der Waals surface area contributed by atoms with Crippen LogP contribution in [0.3, 0.4) is 0 Å². The van der Waals surface area contributed by atoms with Crippen molar-refractivity contribution in [1.82, 2.24) is 0 Å². The van der Waals surface area contributed by atoms with Crippen LogP contribution in [0.25, 0.3) is 6.08 Å². The molecule has 0 heterocycles. The third kappa shape index (κ3) is 7.92. The Hall–Kier alpha value is -2.27. The van der Waals surface area contributed by atoms with Crippen molar-refractivity contribution in [2.75, 3.05) is 6.61 Å². The van der Waals surface area contributed by atoms with E-state index in [0.29, 0.717) is 49.8 Å². The predicted octanol–water partition coefficient (Wildman–Crippen LogP) is 8.01. The minimum atomic E-state index is -0.828.